The topological polar surface area (TPSA) is 285 Å². The van der Waals surface area contributed by atoms with Crippen molar-refractivity contribution >= 4 is 48.5 Å². The monoisotopic (exact) mass is 852 g/mol. The molecule has 4 saturated carbocycles. The molecule has 5 fully saturated rings. The van der Waals surface area contributed by atoms with Gasteiger partial charge in [0.25, 0.3) is 0 Å². The van der Waals surface area contributed by atoms with E-state index in [9.17, 15) is 39.9 Å². The Kier molecular flexibility index (Phi) is 16.4. The number of nitrogens with two attached hydrogens (primary N) is 1. The molecule has 0 aromatic heterocycles. The first-order valence-corrected chi connectivity index (χ1v) is 20.3. The summed E-state index contributed by atoms with van der Waals surface area (Å²) in [7, 11) is 0. The van der Waals surface area contributed by atoms with E-state index in [4.69, 9.17) is 33.0 Å². The number of aliphatic hydroxyl groups is 1. The molecule has 1 spiro atoms. The van der Waals surface area contributed by atoms with E-state index in [1.54, 1.807) is 13.8 Å². The van der Waals surface area contributed by atoms with Crippen LogP contribution in [-0.2, 0) is 65.2 Å². The van der Waals surface area contributed by atoms with Crippen molar-refractivity contribution in [2.24, 2.45) is 46.2 Å². The molecule has 5 rings (SSSR count). The number of aliphatic hydroxyl groups excluding tert-OH is 1. The molecule has 13 atom stereocenters. The van der Waals surface area contributed by atoms with Gasteiger partial charge in [0.15, 0.2) is 37.0 Å². The van der Waals surface area contributed by atoms with E-state index >= 15 is 0 Å². The molecule has 2 bridgehead atoms. The Balaban J connectivity index is 1.47. The number of nitrogens with one attached hydrogen (secondary N) is 1. The van der Waals surface area contributed by atoms with Crippen LogP contribution >= 0.6 is 24.6 Å². The normalized spacial score (nSPS) is 37.3. The number of amides is 1. The first-order chi connectivity index (χ1) is 27.2. The van der Waals surface area contributed by atoms with E-state index in [0.717, 1.165) is 24.8 Å². The average molecular weight is 853 g/mol. The highest BCUT2D eigenvalue weighted by Gasteiger charge is 2.67. The fourth-order valence-corrected chi connectivity index (χ4v) is 11.1. The highest BCUT2D eigenvalue weighted by molar-refractivity contribution is 7.90. The second-order valence-corrected chi connectivity index (χ2v) is 17.1. The number of hydrogen-bond donors (Lipinski definition) is 4. The number of carboxylic acid groups (broad SMARTS) is 1. The van der Waals surface area contributed by atoms with Gasteiger partial charge in [-0.15, -0.1) is 8.67 Å². The molecule has 5 N–H and O–H groups in total. The molecule has 0 aromatic carbocycles. The Bertz CT molecular complexity index is 1430. The Morgan fingerprint density at radius 1 is 1.02 bits per heavy atom. The second-order valence-electron chi connectivity index (χ2n) is 16.1. The SMILES string of the molecule is C=C1C2CCC3C4(C)CC(O[C@H]5O[C@H](COC(=O)CCC(=O)NCN)[C@@H](OSOO[O-])[C@@H](OSOO[O-])C5OC(=O)CC(C)C)CC(C(=O)O)C4CCC3(C2)[C@H]1O. The lowest BCUT2D eigenvalue weighted by Gasteiger charge is -2.62. The van der Waals surface area contributed by atoms with Gasteiger partial charge in [0.1, 0.15) is 24.9 Å². The highest BCUT2D eigenvalue weighted by Crippen LogP contribution is 2.70. The van der Waals surface area contributed by atoms with Gasteiger partial charge in [-0.25, -0.2) is 0 Å². The summed E-state index contributed by atoms with van der Waals surface area (Å²) >= 11 is 0.0880. The van der Waals surface area contributed by atoms with Gasteiger partial charge in [-0.1, -0.05) is 27.4 Å². The van der Waals surface area contributed by atoms with Crippen LogP contribution in [0.3, 0.4) is 0 Å². The van der Waals surface area contributed by atoms with Crippen LogP contribution in [0.25, 0.3) is 0 Å². The first kappa shape index (κ1) is 45.9. The molecule has 1 aliphatic heterocycles. The summed E-state index contributed by atoms with van der Waals surface area (Å²) in [6, 6.07) is 0. The maximum Gasteiger partial charge on any atom is 0.306 e. The minimum absolute atomic E-state index is 0.0386. The molecule has 1 heterocycles. The average Bonchev–Trinajstić information content (AvgIpc) is 3.33. The summed E-state index contributed by atoms with van der Waals surface area (Å²) in [5, 5.41) is 52.8. The number of rotatable bonds is 20. The number of ether oxygens (including phenoxy) is 4. The number of aliphatic carboxylic acids is 1. The summed E-state index contributed by atoms with van der Waals surface area (Å²) in [6.45, 7) is 9.17. The third-order valence-corrected chi connectivity index (χ3v) is 13.4. The van der Waals surface area contributed by atoms with Crippen LogP contribution in [0.15, 0.2) is 12.2 Å². The van der Waals surface area contributed by atoms with Gasteiger partial charge in [0, 0.05) is 18.3 Å². The minimum Gasteiger partial charge on any atom is -0.691 e. The summed E-state index contributed by atoms with van der Waals surface area (Å²) in [5.74, 6) is -4.04. The van der Waals surface area contributed by atoms with E-state index in [1.807, 2.05) is 0 Å². The van der Waals surface area contributed by atoms with Crippen molar-refractivity contribution < 1.29 is 86.0 Å². The lowest BCUT2D eigenvalue weighted by molar-refractivity contribution is -0.778. The molecule has 0 radical (unpaired) electrons. The number of fused-ring (bicyclic) bond motifs is 3. The predicted molar refractivity (Wildman–Crippen MR) is 189 cm³/mol. The quantitative estimate of drug-likeness (QED) is 0.0194. The number of carbonyl (C=O) groups excluding carboxylic acids is 3. The molecule has 1 amide bonds. The van der Waals surface area contributed by atoms with Gasteiger partial charge in [0.05, 0.1) is 31.2 Å². The lowest BCUT2D eigenvalue weighted by atomic mass is 9.43. The summed E-state index contributed by atoms with van der Waals surface area (Å²) < 4.78 is 44.3. The van der Waals surface area contributed by atoms with E-state index in [-0.39, 0.29) is 80.7 Å². The molecule has 0 aromatic rings. The Labute approximate surface area is 338 Å². The van der Waals surface area contributed by atoms with Gasteiger partial charge >= 0.3 is 17.9 Å². The maximum absolute atomic E-state index is 13.3. The van der Waals surface area contributed by atoms with Gasteiger partial charge in [-0.3, -0.25) is 37.6 Å². The molecule has 4 aliphatic carbocycles. The molecule has 324 valence electrons. The number of esters is 2. The van der Waals surface area contributed by atoms with Crippen molar-refractivity contribution in [3.63, 3.8) is 0 Å². The fraction of sp³-hybridized carbons (Fsp3) is 0.829. The molecular formula is C35H52N2O18S2-2. The standard InChI is InChI=1S/C35H54N2O18S2/c1-17(2)11-27(40)49-30-29(51-57-55-53-45)28(50-56-54-52-44)23(15-46-26(39)8-7-25(38)37-16-36)48-33(30)47-20-12-21(32(42)43)22-9-10-35-13-19(18(3)31(35)41)5-6-24(35)34(22,4)14-20/h17,19-24,28-31,33,41,44-45H,3,5-16,36H2,1-2,4H3,(H,37,38)(H,42,43)/p-2/t19?,20?,21?,22?,23-,24?,28-,29-,30?,31+,33+,34?,35?/m1/s1. The van der Waals surface area contributed by atoms with Crippen molar-refractivity contribution in [1.29, 1.82) is 0 Å². The minimum atomic E-state index is -1.54. The summed E-state index contributed by atoms with van der Waals surface area (Å²) in [6.07, 6.45) is -5.38. The summed E-state index contributed by atoms with van der Waals surface area (Å²) in [5.41, 5.74) is 5.11. The molecule has 5 aliphatic rings. The third-order valence-electron chi connectivity index (χ3n) is 12.5. The molecule has 8 unspecified atom stereocenters. The van der Waals surface area contributed by atoms with Crippen LogP contribution in [0.2, 0.25) is 0 Å². The molecule has 57 heavy (non-hydrogen) atoms. The van der Waals surface area contributed by atoms with Crippen LogP contribution in [0.5, 0.6) is 0 Å². The van der Waals surface area contributed by atoms with Crippen LogP contribution in [0.1, 0.15) is 85.0 Å². The van der Waals surface area contributed by atoms with Crippen molar-refractivity contribution in [2.45, 2.75) is 128 Å². The zero-order chi connectivity index (χ0) is 41.5. The molecular weight excluding hydrogens is 801 g/mol. The molecule has 20 nitrogen and oxygen atoms in total. The zero-order valence-corrected chi connectivity index (χ0v) is 33.6. The fourth-order valence-electron chi connectivity index (χ4n) is 10.3. The van der Waals surface area contributed by atoms with E-state index < -0.39 is 90.1 Å². The van der Waals surface area contributed by atoms with Crippen LogP contribution in [0, 0.1) is 40.4 Å². The number of carbonyl (C=O) groups is 4. The van der Waals surface area contributed by atoms with E-state index in [2.05, 4.69) is 37.6 Å². The summed E-state index contributed by atoms with van der Waals surface area (Å²) in [4.78, 5) is 50.9. The second kappa shape index (κ2) is 20.4. The van der Waals surface area contributed by atoms with Crippen LogP contribution in [-0.4, -0.2) is 90.2 Å². The molecule has 1 saturated heterocycles. The Hall–Kier alpha value is -2.16. The largest absolute Gasteiger partial charge is 0.691 e. The Morgan fingerprint density at radius 3 is 2.37 bits per heavy atom. The third kappa shape index (κ3) is 10.4. The predicted octanol–water partition coefficient (Wildman–Crippen LogP) is 0.998. The van der Waals surface area contributed by atoms with Gasteiger partial charge < -0.3 is 50.7 Å². The van der Waals surface area contributed by atoms with Gasteiger partial charge in [-0.05, 0) is 79.6 Å². The van der Waals surface area contributed by atoms with E-state index in [1.165, 1.54) is 0 Å². The lowest BCUT2D eigenvalue weighted by Crippen LogP contribution is -2.63. The molecule has 22 heteroatoms. The van der Waals surface area contributed by atoms with Crippen molar-refractivity contribution in [2.75, 3.05) is 13.3 Å². The first-order valence-electron chi connectivity index (χ1n) is 19.0. The van der Waals surface area contributed by atoms with Crippen LogP contribution < -0.4 is 21.6 Å². The highest BCUT2D eigenvalue weighted by atomic mass is 32.2. The van der Waals surface area contributed by atoms with Crippen molar-refractivity contribution in [3.05, 3.63) is 12.2 Å². The smallest absolute Gasteiger partial charge is 0.306 e. The number of hydrogen-bond acceptors (Lipinski definition) is 20. The van der Waals surface area contributed by atoms with E-state index in [0.29, 0.717) is 19.3 Å². The van der Waals surface area contributed by atoms with Crippen LogP contribution in [0.4, 0.5) is 0 Å². The van der Waals surface area contributed by atoms with Gasteiger partial charge in [0.2, 0.25) is 5.91 Å². The maximum atomic E-state index is 13.3. The van der Waals surface area contributed by atoms with Crippen molar-refractivity contribution in [1.82, 2.24) is 5.32 Å². The Morgan fingerprint density at radius 2 is 1.72 bits per heavy atom. The van der Waals surface area contributed by atoms with Crippen molar-refractivity contribution in [3.8, 4) is 0 Å². The zero-order valence-electron chi connectivity index (χ0n) is 31.9. The number of carboxylic acids is 1. The van der Waals surface area contributed by atoms with Gasteiger partial charge in [-0.2, -0.15) is 0 Å².